The van der Waals surface area contributed by atoms with Crippen LogP contribution in [0.4, 0.5) is 0 Å². The number of hydrogen-bond donors (Lipinski definition) is 1. The predicted octanol–water partition coefficient (Wildman–Crippen LogP) is 3.89. The lowest BCUT2D eigenvalue weighted by atomic mass is 9.84. The highest BCUT2D eigenvalue weighted by Gasteiger charge is 2.21. The summed E-state index contributed by atoms with van der Waals surface area (Å²) in [6.45, 7) is 10.2. The van der Waals surface area contributed by atoms with E-state index in [-0.39, 0.29) is 6.04 Å². The summed E-state index contributed by atoms with van der Waals surface area (Å²) in [4.78, 5) is 4.61. The molecule has 1 N–H and O–H groups in total. The van der Waals surface area contributed by atoms with Gasteiger partial charge in [-0.3, -0.25) is 0 Å². The van der Waals surface area contributed by atoms with Crippen LogP contribution in [0.25, 0.3) is 0 Å². The second-order valence-corrected chi connectivity index (χ2v) is 7.48. The zero-order valence-electron chi connectivity index (χ0n) is 13.4. The van der Waals surface area contributed by atoms with Crippen molar-refractivity contribution in [1.29, 1.82) is 0 Å². The smallest absolute Gasteiger partial charge is 0.226 e. The Morgan fingerprint density at radius 3 is 2.85 bits per heavy atom. The van der Waals surface area contributed by atoms with E-state index in [0.29, 0.717) is 11.3 Å². The van der Waals surface area contributed by atoms with Crippen LogP contribution in [0.2, 0.25) is 0 Å². The first-order valence-electron chi connectivity index (χ1n) is 8.00. The zero-order valence-corrected chi connectivity index (χ0v) is 13.4. The number of nitrogens with zero attached hydrogens (tertiary/aromatic N) is 2. The minimum atomic E-state index is 0.285. The fraction of sp³-hybridized carbons (Fsp3) is 0.875. The molecule has 0 bridgehead atoms. The Kier molecular flexibility index (Phi) is 5.19. The van der Waals surface area contributed by atoms with Crippen molar-refractivity contribution in [1.82, 2.24) is 15.5 Å². The SMILES string of the molecule is CC(Cc1nc(C2CCCCCN2)no1)CC(C)(C)C. The van der Waals surface area contributed by atoms with Crippen molar-refractivity contribution >= 4 is 0 Å². The van der Waals surface area contributed by atoms with Gasteiger partial charge in [0.2, 0.25) is 5.89 Å². The molecule has 0 spiro atoms. The third-order valence-corrected chi connectivity index (χ3v) is 3.84. The second-order valence-electron chi connectivity index (χ2n) is 7.48. The van der Waals surface area contributed by atoms with E-state index >= 15 is 0 Å². The summed E-state index contributed by atoms with van der Waals surface area (Å²) in [6.07, 6.45) is 6.99. The van der Waals surface area contributed by atoms with Crippen molar-refractivity contribution in [2.45, 2.75) is 72.3 Å². The van der Waals surface area contributed by atoms with Crippen molar-refractivity contribution in [2.24, 2.45) is 11.3 Å². The molecular formula is C16H29N3O. The minimum absolute atomic E-state index is 0.285. The Bertz CT molecular complexity index is 400. The molecule has 1 fully saturated rings. The molecule has 2 heterocycles. The number of hydrogen-bond acceptors (Lipinski definition) is 4. The summed E-state index contributed by atoms with van der Waals surface area (Å²) in [6, 6.07) is 0.285. The molecule has 1 aliphatic heterocycles. The molecule has 0 aromatic carbocycles. The summed E-state index contributed by atoms with van der Waals surface area (Å²) in [5.74, 6) is 2.22. The Balaban J connectivity index is 1.91. The van der Waals surface area contributed by atoms with Gasteiger partial charge in [0.25, 0.3) is 0 Å². The van der Waals surface area contributed by atoms with Crippen molar-refractivity contribution in [3.05, 3.63) is 11.7 Å². The molecule has 20 heavy (non-hydrogen) atoms. The van der Waals surface area contributed by atoms with Crippen LogP contribution in [0.1, 0.15) is 77.6 Å². The third-order valence-electron chi connectivity index (χ3n) is 3.84. The molecule has 4 nitrogen and oxygen atoms in total. The number of aromatic nitrogens is 2. The molecule has 1 aromatic rings. The molecular weight excluding hydrogens is 250 g/mol. The van der Waals surface area contributed by atoms with Gasteiger partial charge in [0.05, 0.1) is 6.04 Å². The van der Waals surface area contributed by atoms with Crippen molar-refractivity contribution < 1.29 is 4.52 Å². The first-order chi connectivity index (χ1) is 9.44. The van der Waals surface area contributed by atoms with E-state index in [1.807, 2.05) is 0 Å². The molecule has 1 saturated heterocycles. The highest BCUT2D eigenvalue weighted by Crippen LogP contribution is 2.26. The van der Waals surface area contributed by atoms with E-state index in [1.165, 1.54) is 25.7 Å². The monoisotopic (exact) mass is 279 g/mol. The van der Waals surface area contributed by atoms with Gasteiger partial charge < -0.3 is 9.84 Å². The van der Waals surface area contributed by atoms with Crippen molar-refractivity contribution in [3.63, 3.8) is 0 Å². The van der Waals surface area contributed by atoms with Crippen LogP contribution in [0.3, 0.4) is 0 Å². The lowest BCUT2D eigenvalue weighted by Crippen LogP contribution is -2.21. The Labute approximate surface area is 122 Å². The zero-order chi connectivity index (χ0) is 14.6. The summed E-state index contributed by atoms with van der Waals surface area (Å²) in [5.41, 5.74) is 0.352. The molecule has 1 aliphatic rings. The highest BCUT2D eigenvalue weighted by atomic mass is 16.5. The van der Waals surface area contributed by atoms with Gasteiger partial charge in [-0.1, -0.05) is 45.7 Å². The first-order valence-corrected chi connectivity index (χ1v) is 8.00. The molecule has 1 aromatic heterocycles. The fourth-order valence-electron chi connectivity index (χ4n) is 3.16. The van der Waals surface area contributed by atoms with Gasteiger partial charge >= 0.3 is 0 Å². The van der Waals surface area contributed by atoms with Gasteiger partial charge in [-0.25, -0.2) is 0 Å². The topological polar surface area (TPSA) is 51.0 Å². The quantitative estimate of drug-likeness (QED) is 0.908. The summed E-state index contributed by atoms with van der Waals surface area (Å²) in [5, 5.41) is 7.70. The van der Waals surface area contributed by atoms with Gasteiger partial charge in [-0.2, -0.15) is 4.98 Å². The minimum Gasteiger partial charge on any atom is -0.339 e. The van der Waals surface area contributed by atoms with E-state index in [0.717, 1.165) is 31.1 Å². The lowest BCUT2D eigenvalue weighted by Gasteiger charge is -2.22. The van der Waals surface area contributed by atoms with Crippen molar-refractivity contribution in [3.8, 4) is 0 Å². The average Bonchev–Trinajstić information content (AvgIpc) is 2.61. The van der Waals surface area contributed by atoms with E-state index in [4.69, 9.17) is 4.52 Å². The fourth-order valence-corrected chi connectivity index (χ4v) is 3.16. The first kappa shape index (κ1) is 15.5. The van der Waals surface area contributed by atoms with Crippen LogP contribution in [-0.2, 0) is 6.42 Å². The van der Waals surface area contributed by atoms with E-state index in [9.17, 15) is 0 Å². The molecule has 0 radical (unpaired) electrons. The van der Waals surface area contributed by atoms with Gasteiger partial charge in [0.1, 0.15) is 0 Å². The Morgan fingerprint density at radius 2 is 2.10 bits per heavy atom. The van der Waals surface area contributed by atoms with Crippen molar-refractivity contribution in [2.75, 3.05) is 6.54 Å². The molecule has 2 atom stereocenters. The van der Waals surface area contributed by atoms with Crippen LogP contribution in [-0.4, -0.2) is 16.7 Å². The summed E-state index contributed by atoms with van der Waals surface area (Å²) in [7, 11) is 0. The summed E-state index contributed by atoms with van der Waals surface area (Å²) >= 11 is 0. The molecule has 0 aliphatic carbocycles. The Hall–Kier alpha value is -0.900. The number of nitrogens with one attached hydrogen (secondary N) is 1. The maximum Gasteiger partial charge on any atom is 0.226 e. The van der Waals surface area contributed by atoms with Crippen LogP contribution >= 0.6 is 0 Å². The van der Waals surface area contributed by atoms with Crippen LogP contribution in [0, 0.1) is 11.3 Å². The van der Waals surface area contributed by atoms with Gasteiger partial charge in [-0.15, -0.1) is 0 Å². The Morgan fingerprint density at radius 1 is 1.30 bits per heavy atom. The highest BCUT2D eigenvalue weighted by molar-refractivity contribution is 4.95. The predicted molar refractivity (Wildman–Crippen MR) is 80.4 cm³/mol. The van der Waals surface area contributed by atoms with Gasteiger partial charge in [0, 0.05) is 6.42 Å². The molecule has 4 heteroatoms. The van der Waals surface area contributed by atoms with Gasteiger partial charge in [-0.05, 0) is 37.1 Å². The maximum absolute atomic E-state index is 5.44. The molecule has 2 rings (SSSR count). The summed E-state index contributed by atoms with van der Waals surface area (Å²) < 4.78 is 5.44. The molecule has 0 amide bonds. The standard InChI is InChI=1S/C16H29N3O/c1-12(11-16(2,3)4)10-14-18-15(19-20-14)13-8-6-5-7-9-17-13/h12-13,17H,5-11H2,1-4H3. The average molecular weight is 279 g/mol. The molecule has 2 unspecified atom stereocenters. The van der Waals surface area contributed by atoms with Crippen LogP contribution in [0.5, 0.6) is 0 Å². The molecule has 114 valence electrons. The normalized spacial score (nSPS) is 22.5. The third kappa shape index (κ3) is 4.89. The maximum atomic E-state index is 5.44. The lowest BCUT2D eigenvalue weighted by molar-refractivity contribution is 0.282. The largest absolute Gasteiger partial charge is 0.339 e. The second kappa shape index (κ2) is 6.70. The van der Waals surface area contributed by atoms with E-state index < -0.39 is 0 Å². The van der Waals surface area contributed by atoms with Gasteiger partial charge in [0.15, 0.2) is 5.82 Å². The van der Waals surface area contributed by atoms with E-state index in [1.54, 1.807) is 0 Å². The molecule has 0 saturated carbocycles. The number of rotatable bonds is 4. The van der Waals surface area contributed by atoms with Crippen LogP contribution in [0.15, 0.2) is 4.52 Å². The van der Waals surface area contributed by atoms with Crippen LogP contribution < -0.4 is 5.32 Å². The van der Waals surface area contributed by atoms with E-state index in [2.05, 4.69) is 43.2 Å².